The van der Waals surface area contributed by atoms with Crippen LogP contribution in [0.5, 0.6) is 5.75 Å². The minimum absolute atomic E-state index is 0.0138. The highest BCUT2D eigenvalue weighted by Gasteiger charge is 2.35. The number of aromatic hydroxyl groups is 1. The number of carbonyl (C=O) groups excluding carboxylic acids is 3. The number of hydrogen-bond donors (Lipinski definition) is 1. The highest BCUT2D eigenvalue weighted by atomic mass is 16.3. The fraction of sp³-hybridized carbons (Fsp3) is 0.211. The van der Waals surface area contributed by atoms with Crippen LogP contribution >= 0.6 is 0 Å². The molecular weight excluding hydrogens is 320 g/mol. The SMILES string of the molecule is CN(C)c1ccc(C(=O)CCN2C(=O)c3ccccc3C2=O)c(O)c1. The summed E-state index contributed by atoms with van der Waals surface area (Å²) in [6, 6.07) is 11.4. The minimum Gasteiger partial charge on any atom is -0.507 e. The number of ketones is 1. The van der Waals surface area contributed by atoms with Gasteiger partial charge < -0.3 is 10.0 Å². The van der Waals surface area contributed by atoms with Crippen molar-refractivity contribution in [2.24, 2.45) is 0 Å². The minimum atomic E-state index is -0.388. The molecule has 0 atom stereocenters. The van der Waals surface area contributed by atoms with Crippen molar-refractivity contribution in [1.82, 2.24) is 4.90 Å². The molecule has 1 N–H and O–H groups in total. The molecule has 2 aromatic rings. The number of hydrogen-bond acceptors (Lipinski definition) is 5. The van der Waals surface area contributed by atoms with E-state index in [9.17, 15) is 19.5 Å². The second-order valence-corrected chi connectivity index (χ2v) is 6.08. The molecule has 0 aliphatic carbocycles. The highest BCUT2D eigenvalue weighted by Crippen LogP contribution is 2.26. The maximum absolute atomic E-state index is 12.4. The smallest absolute Gasteiger partial charge is 0.261 e. The van der Waals surface area contributed by atoms with Crippen LogP contribution in [0.3, 0.4) is 0 Å². The van der Waals surface area contributed by atoms with Crippen molar-refractivity contribution < 1.29 is 19.5 Å². The predicted octanol–water partition coefficient (Wildman–Crippen LogP) is 2.33. The van der Waals surface area contributed by atoms with Crippen LogP contribution in [0.15, 0.2) is 42.5 Å². The molecule has 128 valence electrons. The van der Waals surface area contributed by atoms with E-state index in [4.69, 9.17) is 0 Å². The second kappa shape index (κ2) is 6.39. The fourth-order valence-corrected chi connectivity index (χ4v) is 2.82. The maximum atomic E-state index is 12.4. The quantitative estimate of drug-likeness (QED) is 0.669. The summed E-state index contributed by atoms with van der Waals surface area (Å²) in [6.45, 7) is -0.0138. The van der Waals surface area contributed by atoms with Crippen LogP contribution in [-0.2, 0) is 0 Å². The molecule has 0 unspecified atom stereocenters. The molecule has 0 radical (unpaired) electrons. The van der Waals surface area contributed by atoms with Gasteiger partial charge in [0.25, 0.3) is 11.8 Å². The largest absolute Gasteiger partial charge is 0.507 e. The predicted molar refractivity (Wildman–Crippen MR) is 93.2 cm³/mol. The summed E-state index contributed by atoms with van der Waals surface area (Å²) in [4.78, 5) is 39.8. The third-order valence-electron chi connectivity index (χ3n) is 4.24. The van der Waals surface area contributed by atoms with Crippen LogP contribution in [0.1, 0.15) is 37.5 Å². The summed E-state index contributed by atoms with van der Waals surface area (Å²) < 4.78 is 0. The van der Waals surface area contributed by atoms with Crippen molar-refractivity contribution in [3.63, 3.8) is 0 Å². The van der Waals surface area contributed by atoms with E-state index in [0.29, 0.717) is 11.1 Å². The number of amides is 2. The number of phenolic OH excluding ortho intramolecular Hbond substituents is 1. The molecule has 25 heavy (non-hydrogen) atoms. The summed E-state index contributed by atoms with van der Waals surface area (Å²) >= 11 is 0. The van der Waals surface area contributed by atoms with Crippen LogP contribution in [0.25, 0.3) is 0 Å². The highest BCUT2D eigenvalue weighted by molar-refractivity contribution is 6.21. The normalized spacial score (nSPS) is 13.1. The van der Waals surface area contributed by atoms with E-state index in [2.05, 4.69) is 0 Å². The number of benzene rings is 2. The van der Waals surface area contributed by atoms with Gasteiger partial charge in [-0.2, -0.15) is 0 Å². The van der Waals surface area contributed by atoms with Gasteiger partial charge in [0.05, 0.1) is 16.7 Å². The number of phenols is 1. The number of Topliss-reactive ketones (excluding diaryl/α,β-unsaturated/α-hetero) is 1. The monoisotopic (exact) mass is 338 g/mol. The van der Waals surface area contributed by atoms with E-state index in [1.54, 1.807) is 36.4 Å². The van der Waals surface area contributed by atoms with Gasteiger partial charge in [-0.25, -0.2) is 0 Å². The Morgan fingerprint density at radius 1 is 1.04 bits per heavy atom. The van der Waals surface area contributed by atoms with Gasteiger partial charge in [-0.15, -0.1) is 0 Å². The van der Waals surface area contributed by atoms with Crippen molar-refractivity contribution in [1.29, 1.82) is 0 Å². The van der Waals surface area contributed by atoms with Crippen molar-refractivity contribution in [2.45, 2.75) is 6.42 Å². The zero-order chi connectivity index (χ0) is 18.1. The molecule has 0 saturated heterocycles. The maximum Gasteiger partial charge on any atom is 0.261 e. The first-order valence-corrected chi connectivity index (χ1v) is 7.89. The van der Waals surface area contributed by atoms with Crippen LogP contribution in [0, 0.1) is 0 Å². The second-order valence-electron chi connectivity index (χ2n) is 6.08. The Labute approximate surface area is 145 Å². The molecule has 1 heterocycles. The lowest BCUT2D eigenvalue weighted by Gasteiger charge is -2.15. The lowest BCUT2D eigenvalue weighted by atomic mass is 10.1. The lowest BCUT2D eigenvalue weighted by Crippen LogP contribution is -2.31. The van der Waals surface area contributed by atoms with E-state index in [1.807, 2.05) is 19.0 Å². The van der Waals surface area contributed by atoms with E-state index in [1.165, 1.54) is 6.07 Å². The Balaban J connectivity index is 1.72. The summed E-state index contributed by atoms with van der Waals surface area (Å²) in [7, 11) is 3.66. The summed E-state index contributed by atoms with van der Waals surface area (Å²) in [5.41, 5.74) is 1.67. The number of carbonyl (C=O) groups is 3. The first-order chi connectivity index (χ1) is 11.9. The summed E-state index contributed by atoms with van der Waals surface area (Å²) in [6.07, 6.45) is -0.0413. The average molecular weight is 338 g/mol. The molecule has 0 aromatic heterocycles. The molecule has 0 saturated carbocycles. The van der Waals surface area contributed by atoms with Crippen molar-refractivity contribution in [3.8, 4) is 5.75 Å². The number of nitrogens with zero attached hydrogens (tertiary/aromatic N) is 2. The zero-order valence-corrected chi connectivity index (χ0v) is 14.0. The van der Waals surface area contributed by atoms with Crippen molar-refractivity contribution >= 4 is 23.3 Å². The molecule has 1 aliphatic heterocycles. The first-order valence-electron chi connectivity index (χ1n) is 7.89. The Morgan fingerprint density at radius 2 is 1.64 bits per heavy atom. The van der Waals surface area contributed by atoms with Gasteiger partial charge >= 0.3 is 0 Å². The number of anilines is 1. The molecule has 0 fully saturated rings. The van der Waals surface area contributed by atoms with Gasteiger partial charge in [0.15, 0.2) is 5.78 Å². The van der Waals surface area contributed by atoms with Crippen molar-refractivity contribution in [3.05, 3.63) is 59.2 Å². The Hall–Kier alpha value is -3.15. The zero-order valence-electron chi connectivity index (χ0n) is 14.0. The number of rotatable bonds is 5. The lowest BCUT2D eigenvalue weighted by molar-refractivity contribution is 0.0649. The van der Waals surface area contributed by atoms with Crippen LogP contribution in [0.4, 0.5) is 5.69 Å². The molecule has 2 aromatic carbocycles. The van der Waals surface area contributed by atoms with Gasteiger partial charge in [0, 0.05) is 38.8 Å². The van der Waals surface area contributed by atoms with Gasteiger partial charge in [-0.1, -0.05) is 12.1 Å². The van der Waals surface area contributed by atoms with Gasteiger partial charge in [-0.3, -0.25) is 19.3 Å². The Bertz CT molecular complexity index is 838. The van der Waals surface area contributed by atoms with E-state index >= 15 is 0 Å². The van der Waals surface area contributed by atoms with Crippen molar-refractivity contribution in [2.75, 3.05) is 25.5 Å². The Morgan fingerprint density at radius 3 is 2.16 bits per heavy atom. The van der Waals surface area contributed by atoms with Crippen LogP contribution in [0.2, 0.25) is 0 Å². The first kappa shape index (κ1) is 16.7. The summed E-state index contributed by atoms with van der Waals surface area (Å²) in [5, 5.41) is 10.1. The molecule has 2 amide bonds. The fourth-order valence-electron chi connectivity index (χ4n) is 2.82. The standard InChI is InChI=1S/C19H18N2O4/c1-20(2)12-7-8-15(17(23)11-12)16(22)9-10-21-18(24)13-5-3-4-6-14(13)19(21)25/h3-8,11,23H,9-10H2,1-2H3. The number of fused-ring (bicyclic) bond motifs is 1. The summed E-state index contributed by atoms with van der Waals surface area (Å²) in [5.74, 6) is -1.21. The van der Waals surface area contributed by atoms with E-state index in [-0.39, 0.29) is 41.9 Å². The average Bonchev–Trinajstić information content (AvgIpc) is 2.84. The molecule has 6 nitrogen and oxygen atoms in total. The van der Waals surface area contributed by atoms with Gasteiger partial charge in [-0.05, 0) is 24.3 Å². The molecular formula is C19H18N2O4. The molecule has 0 bridgehead atoms. The molecule has 1 aliphatic rings. The van der Waals surface area contributed by atoms with E-state index in [0.717, 1.165) is 10.6 Å². The third-order valence-corrected chi connectivity index (χ3v) is 4.24. The molecule has 0 spiro atoms. The molecule has 3 rings (SSSR count). The van der Waals surface area contributed by atoms with E-state index < -0.39 is 0 Å². The topological polar surface area (TPSA) is 77.9 Å². The number of imide groups is 1. The van der Waals surface area contributed by atoms with Crippen LogP contribution in [-0.4, -0.2) is 48.2 Å². The van der Waals surface area contributed by atoms with Gasteiger partial charge in [0.2, 0.25) is 0 Å². The third kappa shape index (κ3) is 2.98. The van der Waals surface area contributed by atoms with Crippen LogP contribution < -0.4 is 4.90 Å². The molecule has 6 heteroatoms. The van der Waals surface area contributed by atoms with Gasteiger partial charge in [0.1, 0.15) is 5.75 Å². The Kier molecular flexibility index (Phi) is 4.27.